The number of aliphatic hydroxyl groups is 2. The summed E-state index contributed by atoms with van der Waals surface area (Å²) in [5, 5.41) is 15.8. The fourth-order valence-electron chi connectivity index (χ4n) is 2.73. The van der Waals surface area contributed by atoms with Crippen molar-refractivity contribution in [3.8, 4) is 0 Å². The zero-order chi connectivity index (χ0) is 23.8. The molecule has 4 rings (SSSR count). The van der Waals surface area contributed by atoms with E-state index < -0.39 is 0 Å². The molecule has 2 aromatic carbocycles. The van der Waals surface area contributed by atoms with Crippen molar-refractivity contribution in [1.82, 2.24) is 24.8 Å². The molecule has 0 unspecified atom stereocenters. The Morgan fingerprint density at radius 1 is 0.781 bits per heavy atom. The molecule has 9 heteroatoms. The fourth-order valence-corrected chi connectivity index (χ4v) is 2.73. The molecule has 173 valence electrons. The van der Waals surface area contributed by atoms with Crippen molar-refractivity contribution in [2.45, 2.75) is 39.8 Å². The number of hydrogen-bond donors (Lipinski definition) is 4. The van der Waals surface area contributed by atoms with E-state index in [1.807, 2.05) is 62.4 Å². The number of hydrogen-bond acceptors (Lipinski definition) is 6. The van der Waals surface area contributed by atoms with Crippen LogP contribution in [0.4, 0.5) is 0 Å². The summed E-state index contributed by atoms with van der Waals surface area (Å²) in [5.74, 6) is 1.94. The molecule has 2 heterocycles. The van der Waals surface area contributed by atoms with E-state index in [0.29, 0.717) is 13.2 Å². The summed E-state index contributed by atoms with van der Waals surface area (Å²) < 4.78 is 8.19. The molecule has 0 aliphatic carbocycles. The van der Waals surface area contributed by atoms with E-state index in [1.54, 1.807) is 0 Å². The molecule has 0 aliphatic heterocycles. The Hall–Kier alpha value is -2.36. The second-order valence-corrected chi connectivity index (χ2v) is 7.02. The summed E-state index contributed by atoms with van der Waals surface area (Å²) in [4.78, 5) is 18.1. The van der Waals surface area contributed by atoms with E-state index in [9.17, 15) is 0 Å². The van der Waals surface area contributed by atoms with Gasteiger partial charge in [-0.3, -0.25) is 4.90 Å². The Balaban J connectivity index is 0.000000440. The predicted octanol–water partition coefficient (Wildman–Crippen LogP) is 3.73. The molecule has 0 bridgehead atoms. The van der Waals surface area contributed by atoms with Crippen molar-refractivity contribution in [1.29, 1.82) is 0 Å². The molecule has 8 nitrogen and oxygen atoms in total. The summed E-state index contributed by atoms with van der Waals surface area (Å²) >= 11 is 1.06. The third-order valence-electron chi connectivity index (χ3n) is 4.16. The maximum atomic E-state index is 8.19. The van der Waals surface area contributed by atoms with Crippen LogP contribution < -0.4 is 0 Å². The normalized spacial score (nSPS) is 10.0. The molecule has 4 N–H and O–H groups in total. The Morgan fingerprint density at radius 2 is 1.12 bits per heavy atom. The van der Waals surface area contributed by atoms with Crippen LogP contribution in [0.3, 0.4) is 0 Å². The van der Waals surface area contributed by atoms with E-state index in [-0.39, 0.29) is 0 Å². The molecule has 0 amide bonds. The monoisotopic (exact) mass is 478 g/mol. The molecular weight excluding hydrogens is 445 g/mol. The molecule has 2 aromatic heterocycles. The second kappa shape index (κ2) is 16.3. The van der Waals surface area contributed by atoms with Crippen LogP contribution >= 0.6 is 0 Å². The van der Waals surface area contributed by atoms with Crippen LogP contribution in [0.1, 0.15) is 38.3 Å². The van der Waals surface area contributed by atoms with Gasteiger partial charge in [-0.1, -0.05) is 38.1 Å². The molecule has 0 radical (unpaired) electrons. The Kier molecular flexibility index (Phi) is 14.1. The maximum absolute atomic E-state index is 8.19. The van der Waals surface area contributed by atoms with Crippen LogP contribution in [0.2, 0.25) is 0 Å². The average molecular weight is 478 g/mol. The molecule has 32 heavy (non-hydrogen) atoms. The quantitative estimate of drug-likeness (QED) is 0.335. The van der Waals surface area contributed by atoms with Crippen LogP contribution in [-0.4, -0.2) is 55.3 Å². The summed E-state index contributed by atoms with van der Waals surface area (Å²) in [6.07, 6.45) is 1.75. The number of aromatic amines is 2. The second-order valence-electron chi connectivity index (χ2n) is 7.02. The number of nitrogens with one attached hydrogen (secondary N) is 2. The van der Waals surface area contributed by atoms with Gasteiger partial charge in [0.25, 0.3) is 0 Å². The molecule has 4 aromatic rings. The first-order valence-electron chi connectivity index (χ1n) is 10.6. The number of nitrogens with zero attached hydrogens (tertiary/aromatic N) is 3. The van der Waals surface area contributed by atoms with Gasteiger partial charge in [-0.25, -0.2) is 9.97 Å². The van der Waals surface area contributed by atoms with E-state index >= 15 is 0 Å². The molecule has 0 saturated heterocycles. The van der Waals surface area contributed by atoms with Gasteiger partial charge in [-0.2, -0.15) is 0 Å². The SMILES string of the molecule is CCCO.CCCO.CN(Cc1nc2ccccc2[nH]1)Cc1nc2ccccc2[nH]1.[O]=[V]. The number of H-pyrrole nitrogens is 2. The third kappa shape index (κ3) is 9.42. The van der Waals surface area contributed by atoms with Crippen molar-refractivity contribution in [2.24, 2.45) is 0 Å². The molecule has 0 aliphatic rings. The van der Waals surface area contributed by atoms with Crippen LogP contribution in [0.5, 0.6) is 0 Å². The average Bonchev–Trinajstić information content (AvgIpc) is 3.43. The fraction of sp³-hybridized carbons (Fsp3) is 0.391. The van der Waals surface area contributed by atoms with E-state index in [0.717, 1.165) is 77.0 Å². The zero-order valence-electron chi connectivity index (χ0n) is 19.0. The molecule has 0 saturated carbocycles. The summed E-state index contributed by atoms with van der Waals surface area (Å²) in [6, 6.07) is 16.2. The number of aliphatic hydroxyl groups excluding tert-OH is 2. The summed E-state index contributed by atoms with van der Waals surface area (Å²) in [5.41, 5.74) is 4.17. The Bertz CT molecular complexity index is 871. The van der Waals surface area contributed by atoms with Crippen LogP contribution in [-0.2, 0) is 34.1 Å². The Labute approximate surface area is 198 Å². The van der Waals surface area contributed by atoms with Gasteiger partial charge in [0.2, 0.25) is 0 Å². The first kappa shape index (κ1) is 27.7. The minimum absolute atomic E-state index is 0.319. The standard InChI is InChI=1S/C17H17N5.2C3H8O.O.V/c1-22(10-16-18-12-6-2-3-7-13(12)19-16)11-17-20-14-8-4-5-9-15(14)21-17;2*1-2-3-4;;/h2-9H,10-11H2,1H3,(H,18,19)(H,20,21);2*4H,2-3H2,1H3;;. The van der Waals surface area contributed by atoms with Gasteiger partial charge >= 0.3 is 21.0 Å². The van der Waals surface area contributed by atoms with Crippen LogP contribution in [0.15, 0.2) is 48.5 Å². The van der Waals surface area contributed by atoms with Crippen molar-refractivity contribution in [3.63, 3.8) is 0 Å². The Morgan fingerprint density at radius 3 is 1.44 bits per heavy atom. The number of aromatic nitrogens is 4. The first-order chi connectivity index (χ1) is 15.6. The van der Waals surface area contributed by atoms with Crippen molar-refractivity contribution >= 4 is 22.1 Å². The topological polar surface area (TPSA) is 118 Å². The summed E-state index contributed by atoms with van der Waals surface area (Å²) in [7, 11) is 2.07. The van der Waals surface area contributed by atoms with E-state index in [4.69, 9.17) is 13.9 Å². The van der Waals surface area contributed by atoms with E-state index in [2.05, 4.69) is 31.9 Å². The number of fused-ring (bicyclic) bond motifs is 2. The molecular formula is C23H33N5O3V. The van der Waals surface area contributed by atoms with Crippen molar-refractivity contribution in [2.75, 3.05) is 20.3 Å². The van der Waals surface area contributed by atoms with Crippen LogP contribution in [0.25, 0.3) is 22.1 Å². The van der Waals surface area contributed by atoms with Gasteiger partial charge in [0.05, 0.1) is 35.2 Å². The molecule has 0 spiro atoms. The molecule has 0 atom stereocenters. The van der Waals surface area contributed by atoms with E-state index in [1.165, 1.54) is 0 Å². The minimum atomic E-state index is 0.319. The van der Waals surface area contributed by atoms with Gasteiger partial charge in [0.1, 0.15) is 11.6 Å². The number of rotatable bonds is 6. The van der Waals surface area contributed by atoms with Gasteiger partial charge < -0.3 is 20.2 Å². The zero-order valence-corrected chi connectivity index (χ0v) is 20.3. The number of imidazole rings is 2. The summed E-state index contributed by atoms with van der Waals surface area (Å²) in [6.45, 7) is 6.01. The first-order valence-corrected chi connectivity index (χ1v) is 11.1. The number of benzene rings is 2. The molecule has 0 fully saturated rings. The van der Waals surface area contributed by atoms with Gasteiger partial charge in [0.15, 0.2) is 0 Å². The van der Waals surface area contributed by atoms with Gasteiger partial charge in [0, 0.05) is 13.2 Å². The van der Waals surface area contributed by atoms with Gasteiger partial charge in [-0.15, -0.1) is 0 Å². The number of para-hydroxylation sites is 4. The predicted molar refractivity (Wildman–Crippen MR) is 123 cm³/mol. The van der Waals surface area contributed by atoms with Crippen molar-refractivity contribution < 1.29 is 31.3 Å². The van der Waals surface area contributed by atoms with Gasteiger partial charge in [-0.05, 0) is 44.2 Å². The van der Waals surface area contributed by atoms with Crippen molar-refractivity contribution in [3.05, 3.63) is 60.2 Å². The van der Waals surface area contributed by atoms with Crippen LogP contribution in [0, 0.1) is 0 Å². The third-order valence-corrected chi connectivity index (χ3v) is 4.16.